The number of thiocarbonyl (C=S) groups is 1. The van der Waals surface area contributed by atoms with Crippen molar-refractivity contribution in [2.24, 2.45) is 0 Å². The summed E-state index contributed by atoms with van der Waals surface area (Å²) in [4.78, 5) is 15.0. The van der Waals surface area contributed by atoms with Crippen molar-refractivity contribution in [3.63, 3.8) is 0 Å². The maximum atomic E-state index is 12.8. The van der Waals surface area contributed by atoms with E-state index in [1.165, 1.54) is 17.3 Å². The molecule has 2 nitrogen and oxygen atoms in total. The van der Waals surface area contributed by atoms with Crippen molar-refractivity contribution in [3.8, 4) is 0 Å². The molecule has 5 heteroatoms. The van der Waals surface area contributed by atoms with Crippen molar-refractivity contribution < 1.29 is 4.79 Å². The Morgan fingerprint density at radius 3 is 2.48 bits per heavy atom. The van der Waals surface area contributed by atoms with Gasteiger partial charge in [0.25, 0.3) is 5.91 Å². The third-order valence-corrected chi connectivity index (χ3v) is 5.39. The van der Waals surface area contributed by atoms with Gasteiger partial charge in [0.05, 0.1) is 10.6 Å². The first-order valence-corrected chi connectivity index (χ1v) is 9.08. The number of benzene rings is 2. The van der Waals surface area contributed by atoms with Crippen LogP contribution < -0.4 is 4.90 Å². The Bertz CT molecular complexity index is 827. The van der Waals surface area contributed by atoms with Gasteiger partial charge in [0.15, 0.2) is 4.32 Å². The summed E-state index contributed by atoms with van der Waals surface area (Å²) in [6, 6.07) is 13.9. The number of hydrogen-bond donors (Lipinski definition) is 0. The van der Waals surface area contributed by atoms with E-state index in [1.54, 1.807) is 4.90 Å². The minimum Gasteiger partial charge on any atom is -0.268 e. The van der Waals surface area contributed by atoms with Gasteiger partial charge in [-0.2, -0.15) is 0 Å². The van der Waals surface area contributed by atoms with Crippen LogP contribution in [0.2, 0.25) is 0 Å². The van der Waals surface area contributed by atoms with Crippen molar-refractivity contribution in [2.45, 2.75) is 13.8 Å². The number of hydrogen-bond acceptors (Lipinski definition) is 3. The van der Waals surface area contributed by atoms with Crippen LogP contribution in [0.15, 0.2) is 51.8 Å². The molecule has 2 aromatic carbocycles. The lowest BCUT2D eigenvalue weighted by Crippen LogP contribution is -2.28. The second-order valence-corrected chi connectivity index (χ2v) is 7.95. The van der Waals surface area contributed by atoms with Gasteiger partial charge in [-0.05, 0) is 49.2 Å². The van der Waals surface area contributed by atoms with E-state index < -0.39 is 0 Å². The maximum absolute atomic E-state index is 12.8. The summed E-state index contributed by atoms with van der Waals surface area (Å²) >= 11 is 10.2. The second kappa shape index (κ2) is 6.59. The molecule has 0 aromatic heterocycles. The Hall–Kier alpha value is -1.43. The highest BCUT2D eigenvalue weighted by molar-refractivity contribution is 9.10. The molecule has 23 heavy (non-hydrogen) atoms. The van der Waals surface area contributed by atoms with Crippen LogP contribution in [0, 0.1) is 13.8 Å². The quantitative estimate of drug-likeness (QED) is 0.489. The monoisotopic (exact) mass is 403 g/mol. The third-order valence-electron chi connectivity index (χ3n) is 3.55. The Kier molecular flexibility index (Phi) is 4.71. The molecule has 1 aliphatic heterocycles. The van der Waals surface area contributed by atoms with Crippen LogP contribution in [0.25, 0.3) is 6.08 Å². The second-order valence-electron chi connectivity index (χ2n) is 5.36. The lowest BCUT2D eigenvalue weighted by Gasteiger charge is -2.17. The number of anilines is 1. The summed E-state index contributed by atoms with van der Waals surface area (Å²) in [5.74, 6) is -0.0603. The summed E-state index contributed by atoms with van der Waals surface area (Å²) in [5.41, 5.74) is 4.06. The van der Waals surface area contributed by atoms with Crippen LogP contribution >= 0.6 is 39.9 Å². The zero-order valence-electron chi connectivity index (χ0n) is 12.7. The number of amides is 1. The van der Waals surface area contributed by atoms with E-state index in [4.69, 9.17) is 12.2 Å². The van der Waals surface area contributed by atoms with Crippen LogP contribution in [0.5, 0.6) is 0 Å². The first-order valence-electron chi connectivity index (χ1n) is 7.06. The van der Waals surface area contributed by atoms with Gasteiger partial charge in [0.2, 0.25) is 0 Å². The Labute approximate surface area is 153 Å². The lowest BCUT2D eigenvalue weighted by molar-refractivity contribution is -0.113. The molecular weight excluding hydrogens is 390 g/mol. The standard InChI is InChI=1S/C18H14BrNOS2/c1-11-3-8-15(12(2)9-11)20-17(21)16(23-18(20)22)10-13-4-6-14(19)7-5-13/h3-10H,1-2H3/b16-10+. The number of thioether (sulfide) groups is 1. The molecule has 0 N–H and O–H groups in total. The lowest BCUT2D eigenvalue weighted by atomic mass is 10.1. The number of carbonyl (C=O) groups is 1. The summed E-state index contributed by atoms with van der Waals surface area (Å²) in [6.45, 7) is 4.04. The largest absolute Gasteiger partial charge is 0.270 e. The van der Waals surface area contributed by atoms with Gasteiger partial charge < -0.3 is 0 Å². The molecule has 0 bridgehead atoms. The van der Waals surface area contributed by atoms with Crippen molar-refractivity contribution in [1.29, 1.82) is 0 Å². The molecule has 1 amide bonds. The van der Waals surface area contributed by atoms with Gasteiger partial charge in [-0.1, -0.05) is 69.7 Å². The molecule has 1 fully saturated rings. The van der Waals surface area contributed by atoms with Crippen LogP contribution in [0.3, 0.4) is 0 Å². The number of carbonyl (C=O) groups excluding carboxylic acids is 1. The molecule has 3 rings (SSSR count). The van der Waals surface area contributed by atoms with Crippen molar-refractivity contribution >= 4 is 61.9 Å². The normalized spacial score (nSPS) is 16.5. The fraction of sp³-hybridized carbons (Fsp3) is 0.111. The van der Waals surface area contributed by atoms with Gasteiger partial charge in [-0.25, -0.2) is 0 Å². The number of halogens is 1. The Morgan fingerprint density at radius 2 is 1.83 bits per heavy atom. The smallest absolute Gasteiger partial charge is 0.268 e. The minimum absolute atomic E-state index is 0.0603. The van der Waals surface area contributed by atoms with Crippen molar-refractivity contribution in [3.05, 3.63) is 68.5 Å². The van der Waals surface area contributed by atoms with E-state index in [-0.39, 0.29) is 5.91 Å². The molecular formula is C18H14BrNOS2. The highest BCUT2D eigenvalue weighted by Crippen LogP contribution is 2.37. The van der Waals surface area contributed by atoms with E-state index in [0.29, 0.717) is 9.23 Å². The van der Waals surface area contributed by atoms with Gasteiger partial charge in [-0.3, -0.25) is 9.69 Å². The van der Waals surface area contributed by atoms with Crippen molar-refractivity contribution in [1.82, 2.24) is 0 Å². The van der Waals surface area contributed by atoms with Gasteiger partial charge >= 0.3 is 0 Å². The van der Waals surface area contributed by atoms with Crippen molar-refractivity contribution in [2.75, 3.05) is 4.90 Å². The molecule has 1 aliphatic rings. The summed E-state index contributed by atoms with van der Waals surface area (Å²) < 4.78 is 1.59. The van der Waals surface area contributed by atoms with Gasteiger partial charge in [-0.15, -0.1) is 0 Å². The topological polar surface area (TPSA) is 20.3 Å². The van der Waals surface area contributed by atoms with E-state index in [2.05, 4.69) is 22.0 Å². The highest BCUT2D eigenvalue weighted by Gasteiger charge is 2.33. The molecule has 116 valence electrons. The summed E-state index contributed by atoms with van der Waals surface area (Å²) in [5, 5.41) is 0. The minimum atomic E-state index is -0.0603. The van der Waals surface area contributed by atoms with Crippen LogP contribution in [0.1, 0.15) is 16.7 Å². The number of rotatable bonds is 2. The van der Waals surface area contributed by atoms with Gasteiger partial charge in [0.1, 0.15) is 0 Å². The number of nitrogens with zero attached hydrogens (tertiary/aromatic N) is 1. The van der Waals surface area contributed by atoms with E-state index in [9.17, 15) is 4.79 Å². The average Bonchev–Trinajstić information content (AvgIpc) is 2.77. The third kappa shape index (κ3) is 3.42. The Morgan fingerprint density at radius 1 is 1.13 bits per heavy atom. The molecule has 0 unspecified atom stereocenters. The predicted octanol–water partition coefficient (Wildman–Crippen LogP) is 5.47. The van der Waals surface area contributed by atoms with Crippen LogP contribution in [0.4, 0.5) is 5.69 Å². The van der Waals surface area contributed by atoms with E-state index in [0.717, 1.165) is 21.3 Å². The molecule has 0 saturated carbocycles. The summed E-state index contributed by atoms with van der Waals surface area (Å²) in [6.07, 6.45) is 1.88. The molecule has 0 radical (unpaired) electrons. The molecule has 0 atom stereocenters. The average molecular weight is 404 g/mol. The number of aryl methyl sites for hydroxylation is 2. The van der Waals surface area contributed by atoms with Crippen LogP contribution in [-0.2, 0) is 4.79 Å². The molecule has 1 saturated heterocycles. The zero-order valence-corrected chi connectivity index (χ0v) is 15.9. The maximum Gasteiger partial charge on any atom is 0.270 e. The van der Waals surface area contributed by atoms with Crippen LogP contribution in [-0.4, -0.2) is 10.2 Å². The Balaban J connectivity index is 1.95. The van der Waals surface area contributed by atoms with E-state index >= 15 is 0 Å². The predicted molar refractivity (Wildman–Crippen MR) is 106 cm³/mol. The molecule has 1 heterocycles. The fourth-order valence-corrected chi connectivity index (χ4v) is 3.99. The molecule has 0 aliphatic carbocycles. The highest BCUT2D eigenvalue weighted by atomic mass is 79.9. The van der Waals surface area contributed by atoms with E-state index in [1.807, 2.05) is 56.3 Å². The molecule has 0 spiro atoms. The first kappa shape index (κ1) is 16.4. The fourth-order valence-electron chi connectivity index (χ4n) is 2.44. The van der Waals surface area contributed by atoms with Gasteiger partial charge in [0, 0.05) is 4.47 Å². The zero-order chi connectivity index (χ0) is 16.6. The summed E-state index contributed by atoms with van der Waals surface area (Å²) in [7, 11) is 0. The SMILES string of the molecule is Cc1ccc(N2C(=O)/C(=C\c3ccc(Br)cc3)SC2=S)c(C)c1. The first-order chi connectivity index (χ1) is 11.0. The molecule has 2 aromatic rings.